The standard InChI is InChI=1S/C19H21Cl2NO3/c1-11(2)25-16-9-8-13(10-17(16)24-4)12(3)22-19(23)14-6-5-7-15(20)18(14)21/h5-12H,1-4H3,(H,22,23). The lowest BCUT2D eigenvalue weighted by molar-refractivity contribution is 0.0940. The molecule has 2 aromatic carbocycles. The van der Waals surface area contributed by atoms with E-state index in [-0.39, 0.29) is 23.1 Å². The molecule has 0 aliphatic carbocycles. The zero-order valence-electron chi connectivity index (χ0n) is 14.6. The second kappa shape index (κ2) is 8.45. The van der Waals surface area contributed by atoms with Gasteiger partial charge >= 0.3 is 0 Å². The van der Waals surface area contributed by atoms with Crippen LogP contribution in [0.25, 0.3) is 0 Å². The Hall–Kier alpha value is -1.91. The average Bonchev–Trinajstić information content (AvgIpc) is 2.56. The monoisotopic (exact) mass is 381 g/mol. The zero-order valence-corrected chi connectivity index (χ0v) is 16.1. The molecule has 2 aromatic rings. The number of benzene rings is 2. The average molecular weight is 382 g/mol. The summed E-state index contributed by atoms with van der Waals surface area (Å²) in [6, 6.07) is 10.3. The van der Waals surface area contributed by atoms with Crippen LogP contribution in [0.1, 0.15) is 42.7 Å². The second-order valence-electron chi connectivity index (χ2n) is 5.87. The summed E-state index contributed by atoms with van der Waals surface area (Å²) in [5.41, 5.74) is 1.23. The fourth-order valence-electron chi connectivity index (χ4n) is 2.34. The number of hydrogen-bond donors (Lipinski definition) is 1. The van der Waals surface area contributed by atoms with E-state index >= 15 is 0 Å². The lowest BCUT2D eigenvalue weighted by Gasteiger charge is -2.18. The van der Waals surface area contributed by atoms with Gasteiger partial charge in [-0.15, -0.1) is 0 Å². The van der Waals surface area contributed by atoms with Crippen molar-refractivity contribution in [3.8, 4) is 11.5 Å². The highest BCUT2D eigenvalue weighted by molar-refractivity contribution is 6.43. The molecule has 0 bridgehead atoms. The highest BCUT2D eigenvalue weighted by Gasteiger charge is 2.17. The SMILES string of the molecule is COc1cc(C(C)NC(=O)c2cccc(Cl)c2Cl)ccc1OC(C)C. The number of hydrogen-bond acceptors (Lipinski definition) is 3. The minimum absolute atomic E-state index is 0.0434. The Bertz CT molecular complexity index is 762. The van der Waals surface area contributed by atoms with Crippen molar-refractivity contribution < 1.29 is 14.3 Å². The Morgan fingerprint density at radius 1 is 1.08 bits per heavy atom. The van der Waals surface area contributed by atoms with Gasteiger partial charge in [-0.3, -0.25) is 4.79 Å². The molecule has 0 saturated carbocycles. The van der Waals surface area contributed by atoms with Crippen molar-refractivity contribution >= 4 is 29.1 Å². The van der Waals surface area contributed by atoms with E-state index in [2.05, 4.69) is 5.32 Å². The third-order valence-corrected chi connectivity index (χ3v) is 4.41. The van der Waals surface area contributed by atoms with Gasteiger partial charge in [-0.2, -0.15) is 0 Å². The first-order chi connectivity index (χ1) is 11.8. The molecule has 1 unspecified atom stereocenters. The molecule has 0 heterocycles. The van der Waals surface area contributed by atoms with Crippen LogP contribution in [0, 0.1) is 0 Å². The molecule has 0 saturated heterocycles. The highest BCUT2D eigenvalue weighted by Crippen LogP contribution is 2.31. The number of rotatable bonds is 6. The summed E-state index contributed by atoms with van der Waals surface area (Å²) in [7, 11) is 1.58. The van der Waals surface area contributed by atoms with Crippen LogP contribution in [0.2, 0.25) is 10.0 Å². The maximum absolute atomic E-state index is 12.5. The van der Waals surface area contributed by atoms with Gasteiger partial charge in [0.25, 0.3) is 5.91 Å². The first-order valence-corrected chi connectivity index (χ1v) is 8.68. The number of nitrogens with one attached hydrogen (secondary N) is 1. The van der Waals surface area contributed by atoms with Gasteiger partial charge in [-0.25, -0.2) is 0 Å². The van der Waals surface area contributed by atoms with Gasteiger partial charge in [0.15, 0.2) is 11.5 Å². The largest absolute Gasteiger partial charge is 0.493 e. The van der Waals surface area contributed by atoms with Crippen molar-refractivity contribution in [2.24, 2.45) is 0 Å². The molecule has 0 aliphatic heterocycles. The second-order valence-corrected chi connectivity index (χ2v) is 6.66. The van der Waals surface area contributed by atoms with E-state index in [1.807, 2.05) is 39.0 Å². The number of amides is 1. The molecule has 4 nitrogen and oxygen atoms in total. The summed E-state index contributed by atoms with van der Waals surface area (Å²) in [5, 5.41) is 3.50. The van der Waals surface area contributed by atoms with Crippen molar-refractivity contribution in [3.63, 3.8) is 0 Å². The summed E-state index contributed by atoms with van der Waals surface area (Å²) in [4.78, 5) is 12.5. The van der Waals surface area contributed by atoms with Gasteiger partial charge in [0.2, 0.25) is 0 Å². The first-order valence-electron chi connectivity index (χ1n) is 7.93. The van der Waals surface area contributed by atoms with E-state index in [0.717, 1.165) is 5.56 Å². The summed E-state index contributed by atoms with van der Waals surface area (Å²) in [5.74, 6) is 0.993. The third kappa shape index (κ3) is 4.80. The lowest BCUT2D eigenvalue weighted by atomic mass is 10.1. The van der Waals surface area contributed by atoms with Crippen molar-refractivity contribution in [1.29, 1.82) is 0 Å². The van der Waals surface area contributed by atoms with E-state index in [1.165, 1.54) is 0 Å². The molecule has 134 valence electrons. The van der Waals surface area contributed by atoms with E-state index in [9.17, 15) is 4.79 Å². The van der Waals surface area contributed by atoms with Crippen LogP contribution < -0.4 is 14.8 Å². The predicted molar refractivity (Wildman–Crippen MR) is 101 cm³/mol. The zero-order chi connectivity index (χ0) is 18.6. The number of carbonyl (C=O) groups excluding carboxylic acids is 1. The Kier molecular flexibility index (Phi) is 6.57. The van der Waals surface area contributed by atoms with Crippen molar-refractivity contribution in [1.82, 2.24) is 5.32 Å². The van der Waals surface area contributed by atoms with Crippen LogP contribution in [0.5, 0.6) is 11.5 Å². The Labute approximate surface area is 158 Å². The lowest BCUT2D eigenvalue weighted by Crippen LogP contribution is -2.27. The van der Waals surface area contributed by atoms with Crippen LogP contribution in [0.4, 0.5) is 0 Å². The predicted octanol–water partition coefficient (Wildman–Crippen LogP) is 5.28. The fraction of sp³-hybridized carbons (Fsp3) is 0.316. The van der Waals surface area contributed by atoms with Gasteiger partial charge in [0.05, 0.1) is 34.9 Å². The molecule has 25 heavy (non-hydrogen) atoms. The Morgan fingerprint density at radius 3 is 2.44 bits per heavy atom. The minimum atomic E-state index is -0.290. The molecule has 1 atom stereocenters. The third-order valence-electron chi connectivity index (χ3n) is 3.59. The quantitative estimate of drug-likeness (QED) is 0.740. The van der Waals surface area contributed by atoms with Gasteiger partial charge in [0, 0.05) is 0 Å². The van der Waals surface area contributed by atoms with Crippen LogP contribution >= 0.6 is 23.2 Å². The van der Waals surface area contributed by atoms with E-state index in [1.54, 1.807) is 25.3 Å². The van der Waals surface area contributed by atoms with Crippen molar-refractivity contribution in [2.75, 3.05) is 7.11 Å². The maximum Gasteiger partial charge on any atom is 0.253 e. The van der Waals surface area contributed by atoms with E-state index in [0.29, 0.717) is 22.1 Å². The van der Waals surface area contributed by atoms with Crippen LogP contribution in [-0.2, 0) is 0 Å². The fourth-order valence-corrected chi connectivity index (χ4v) is 2.73. The molecule has 0 aromatic heterocycles. The van der Waals surface area contributed by atoms with Gasteiger partial charge in [-0.05, 0) is 50.6 Å². The molecule has 0 radical (unpaired) electrons. The van der Waals surface area contributed by atoms with Crippen LogP contribution in [0.3, 0.4) is 0 Å². The maximum atomic E-state index is 12.5. The molecule has 0 spiro atoms. The molecular formula is C19H21Cl2NO3. The Balaban J connectivity index is 2.18. The first kappa shape index (κ1) is 19.4. The molecule has 0 aliphatic rings. The van der Waals surface area contributed by atoms with Crippen LogP contribution in [0.15, 0.2) is 36.4 Å². The molecule has 1 N–H and O–H groups in total. The summed E-state index contributed by atoms with van der Waals surface area (Å²) in [6.45, 7) is 5.78. The van der Waals surface area contributed by atoms with Crippen molar-refractivity contribution in [2.45, 2.75) is 32.9 Å². The molecule has 2 rings (SSSR count). The number of methoxy groups -OCH3 is 1. The van der Waals surface area contributed by atoms with E-state index in [4.69, 9.17) is 32.7 Å². The topological polar surface area (TPSA) is 47.6 Å². The normalized spacial score (nSPS) is 12.0. The molecular weight excluding hydrogens is 361 g/mol. The highest BCUT2D eigenvalue weighted by atomic mass is 35.5. The molecule has 1 amide bonds. The van der Waals surface area contributed by atoms with Crippen molar-refractivity contribution in [3.05, 3.63) is 57.6 Å². The minimum Gasteiger partial charge on any atom is -0.493 e. The number of carbonyl (C=O) groups is 1. The Morgan fingerprint density at radius 2 is 1.80 bits per heavy atom. The molecule has 0 fully saturated rings. The summed E-state index contributed by atoms with van der Waals surface area (Å²) < 4.78 is 11.1. The molecule has 6 heteroatoms. The van der Waals surface area contributed by atoms with Gasteiger partial charge in [0.1, 0.15) is 0 Å². The number of halogens is 2. The summed E-state index contributed by atoms with van der Waals surface area (Å²) in [6.07, 6.45) is 0.0434. The van der Waals surface area contributed by atoms with Crippen LogP contribution in [-0.4, -0.2) is 19.1 Å². The smallest absolute Gasteiger partial charge is 0.253 e. The van der Waals surface area contributed by atoms with E-state index < -0.39 is 0 Å². The summed E-state index contributed by atoms with van der Waals surface area (Å²) >= 11 is 12.1. The number of ether oxygens (including phenoxy) is 2. The van der Waals surface area contributed by atoms with Gasteiger partial charge < -0.3 is 14.8 Å². The van der Waals surface area contributed by atoms with Gasteiger partial charge in [-0.1, -0.05) is 35.3 Å².